The maximum absolute atomic E-state index is 3.51. The molecule has 2 N–H and O–H groups in total. The van der Waals surface area contributed by atoms with E-state index in [4.69, 9.17) is 0 Å². The molecule has 1 heterocycles. The monoisotopic (exact) mass is 278 g/mol. The predicted molar refractivity (Wildman–Crippen MR) is 89.4 cm³/mol. The number of aromatic amines is 1. The highest BCUT2D eigenvalue weighted by Gasteiger charge is 2.00. The van der Waals surface area contributed by atoms with Gasteiger partial charge in [-0.1, -0.05) is 50.2 Å². The fraction of sp³-hybridized carbons (Fsp3) is 0.263. The summed E-state index contributed by atoms with van der Waals surface area (Å²) in [7, 11) is 0. The lowest BCUT2D eigenvalue weighted by atomic mass is 10.0. The van der Waals surface area contributed by atoms with Crippen molar-refractivity contribution in [1.29, 1.82) is 0 Å². The Bertz CT molecular complexity index is 708. The first-order chi connectivity index (χ1) is 10.2. The number of rotatable bonds is 5. The van der Waals surface area contributed by atoms with Crippen LogP contribution in [0.3, 0.4) is 0 Å². The number of aromatic nitrogens is 1. The van der Waals surface area contributed by atoms with Crippen LogP contribution in [0.4, 0.5) is 0 Å². The van der Waals surface area contributed by atoms with E-state index in [1.807, 2.05) is 6.20 Å². The van der Waals surface area contributed by atoms with Crippen molar-refractivity contribution in [1.82, 2.24) is 10.3 Å². The molecule has 0 fully saturated rings. The van der Waals surface area contributed by atoms with Gasteiger partial charge in [0.15, 0.2) is 0 Å². The van der Waals surface area contributed by atoms with Crippen LogP contribution in [0.5, 0.6) is 0 Å². The molecule has 0 unspecified atom stereocenters. The second-order valence-corrected chi connectivity index (χ2v) is 5.90. The van der Waals surface area contributed by atoms with Crippen molar-refractivity contribution in [2.24, 2.45) is 0 Å². The van der Waals surface area contributed by atoms with E-state index < -0.39 is 0 Å². The van der Waals surface area contributed by atoms with Crippen molar-refractivity contribution in [2.45, 2.75) is 32.9 Å². The van der Waals surface area contributed by atoms with Gasteiger partial charge in [-0.25, -0.2) is 0 Å². The summed E-state index contributed by atoms with van der Waals surface area (Å²) in [6.45, 7) is 6.25. The molecule has 0 aliphatic heterocycles. The Labute approximate surface area is 126 Å². The lowest BCUT2D eigenvalue weighted by Crippen LogP contribution is -2.12. The fourth-order valence-electron chi connectivity index (χ4n) is 2.58. The molecule has 0 saturated carbocycles. The summed E-state index contributed by atoms with van der Waals surface area (Å²) in [4.78, 5) is 3.26. The molecule has 0 atom stereocenters. The molecule has 3 rings (SSSR count). The van der Waals surface area contributed by atoms with E-state index in [1.54, 1.807) is 0 Å². The van der Waals surface area contributed by atoms with Crippen LogP contribution in [0.15, 0.2) is 54.7 Å². The van der Waals surface area contributed by atoms with Gasteiger partial charge in [-0.05, 0) is 40.1 Å². The SMILES string of the molecule is CC(C)c1ccc(CNCc2ccc3cc[nH]c3c2)cc1. The van der Waals surface area contributed by atoms with E-state index in [-0.39, 0.29) is 0 Å². The fourth-order valence-corrected chi connectivity index (χ4v) is 2.58. The van der Waals surface area contributed by atoms with Crippen molar-refractivity contribution in [2.75, 3.05) is 0 Å². The summed E-state index contributed by atoms with van der Waals surface area (Å²) in [5, 5.41) is 4.78. The van der Waals surface area contributed by atoms with Crippen molar-refractivity contribution in [3.05, 3.63) is 71.4 Å². The molecule has 108 valence electrons. The third-order valence-corrected chi connectivity index (χ3v) is 3.92. The molecule has 21 heavy (non-hydrogen) atoms. The molecule has 2 aromatic carbocycles. The molecule has 0 amide bonds. The van der Waals surface area contributed by atoms with Gasteiger partial charge in [-0.2, -0.15) is 0 Å². The minimum Gasteiger partial charge on any atom is -0.361 e. The summed E-state index contributed by atoms with van der Waals surface area (Å²) < 4.78 is 0. The summed E-state index contributed by atoms with van der Waals surface area (Å²) in [6, 6.07) is 17.6. The van der Waals surface area contributed by atoms with Gasteiger partial charge >= 0.3 is 0 Å². The van der Waals surface area contributed by atoms with Gasteiger partial charge in [-0.3, -0.25) is 0 Å². The zero-order chi connectivity index (χ0) is 14.7. The third kappa shape index (κ3) is 3.34. The van der Waals surface area contributed by atoms with Crippen LogP contribution in [0, 0.1) is 0 Å². The quantitative estimate of drug-likeness (QED) is 0.702. The Morgan fingerprint density at radius 3 is 2.38 bits per heavy atom. The van der Waals surface area contributed by atoms with Crippen LogP contribution in [-0.4, -0.2) is 4.98 Å². The number of hydrogen-bond donors (Lipinski definition) is 2. The number of H-pyrrole nitrogens is 1. The Kier molecular flexibility index (Phi) is 4.07. The summed E-state index contributed by atoms with van der Waals surface area (Å²) in [5.41, 5.74) is 5.25. The van der Waals surface area contributed by atoms with Gasteiger partial charge in [0.2, 0.25) is 0 Å². The van der Waals surface area contributed by atoms with Crippen LogP contribution in [0.2, 0.25) is 0 Å². The van der Waals surface area contributed by atoms with Crippen LogP contribution >= 0.6 is 0 Å². The molecule has 0 saturated heterocycles. The van der Waals surface area contributed by atoms with E-state index in [1.165, 1.54) is 27.6 Å². The zero-order valence-electron chi connectivity index (χ0n) is 12.7. The molecule has 0 aliphatic rings. The lowest BCUT2D eigenvalue weighted by Gasteiger charge is -2.08. The Hall–Kier alpha value is -2.06. The molecule has 0 spiro atoms. The second-order valence-electron chi connectivity index (χ2n) is 5.90. The number of benzene rings is 2. The zero-order valence-corrected chi connectivity index (χ0v) is 12.7. The smallest absolute Gasteiger partial charge is 0.0457 e. The van der Waals surface area contributed by atoms with Gasteiger partial charge in [0.05, 0.1) is 0 Å². The van der Waals surface area contributed by atoms with Gasteiger partial charge in [0.1, 0.15) is 0 Å². The first-order valence-electron chi connectivity index (χ1n) is 7.58. The summed E-state index contributed by atoms with van der Waals surface area (Å²) in [6.07, 6.45) is 1.98. The van der Waals surface area contributed by atoms with Gasteiger partial charge in [-0.15, -0.1) is 0 Å². The van der Waals surface area contributed by atoms with E-state index >= 15 is 0 Å². The van der Waals surface area contributed by atoms with Gasteiger partial charge < -0.3 is 10.3 Å². The summed E-state index contributed by atoms with van der Waals surface area (Å²) in [5.74, 6) is 0.597. The molecule has 2 nitrogen and oxygen atoms in total. The number of nitrogens with one attached hydrogen (secondary N) is 2. The molecule has 1 aromatic heterocycles. The first kappa shape index (κ1) is 13.9. The Balaban J connectivity index is 1.57. The van der Waals surface area contributed by atoms with Gasteiger partial charge in [0.25, 0.3) is 0 Å². The number of fused-ring (bicyclic) bond motifs is 1. The van der Waals surface area contributed by atoms with Crippen LogP contribution in [-0.2, 0) is 13.1 Å². The van der Waals surface area contributed by atoms with E-state index in [0.717, 1.165) is 13.1 Å². The minimum absolute atomic E-state index is 0.597. The van der Waals surface area contributed by atoms with E-state index in [0.29, 0.717) is 5.92 Å². The first-order valence-corrected chi connectivity index (χ1v) is 7.58. The third-order valence-electron chi connectivity index (χ3n) is 3.92. The average Bonchev–Trinajstić information content (AvgIpc) is 2.95. The van der Waals surface area contributed by atoms with Crippen molar-refractivity contribution in [3.8, 4) is 0 Å². The molecule has 2 heteroatoms. The largest absolute Gasteiger partial charge is 0.361 e. The Morgan fingerprint density at radius 1 is 0.905 bits per heavy atom. The topological polar surface area (TPSA) is 27.8 Å². The van der Waals surface area contributed by atoms with Crippen LogP contribution in [0.1, 0.15) is 36.5 Å². The number of hydrogen-bond acceptors (Lipinski definition) is 1. The predicted octanol–water partition coefficient (Wildman–Crippen LogP) is 4.58. The lowest BCUT2D eigenvalue weighted by molar-refractivity contribution is 0.693. The molecular weight excluding hydrogens is 256 g/mol. The highest BCUT2D eigenvalue weighted by atomic mass is 14.8. The van der Waals surface area contributed by atoms with E-state index in [2.05, 4.69) is 72.7 Å². The van der Waals surface area contributed by atoms with Gasteiger partial charge in [0, 0.05) is 24.8 Å². The molecule has 0 bridgehead atoms. The highest BCUT2D eigenvalue weighted by Crippen LogP contribution is 2.16. The van der Waals surface area contributed by atoms with Crippen molar-refractivity contribution in [3.63, 3.8) is 0 Å². The maximum atomic E-state index is 3.51. The summed E-state index contributed by atoms with van der Waals surface area (Å²) >= 11 is 0. The Morgan fingerprint density at radius 2 is 1.62 bits per heavy atom. The maximum Gasteiger partial charge on any atom is 0.0457 e. The average molecular weight is 278 g/mol. The molecular formula is C19H22N2. The van der Waals surface area contributed by atoms with E-state index in [9.17, 15) is 0 Å². The van der Waals surface area contributed by atoms with Crippen LogP contribution < -0.4 is 5.32 Å². The van der Waals surface area contributed by atoms with Crippen LogP contribution in [0.25, 0.3) is 10.9 Å². The minimum atomic E-state index is 0.597. The molecule has 0 radical (unpaired) electrons. The standard InChI is InChI=1S/C19H22N2/c1-14(2)17-6-3-15(4-7-17)12-20-13-16-5-8-18-9-10-21-19(18)11-16/h3-11,14,20-21H,12-13H2,1-2H3. The van der Waals surface area contributed by atoms with Crippen molar-refractivity contribution < 1.29 is 0 Å². The van der Waals surface area contributed by atoms with Crippen molar-refractivity contribution >= 4 is 10.9 Å². The highest BCUT2D eigenvalue weighted by molar-refractivity contribution is 5.79. The molecule has 0 aliphatic carbocycles. The molecule has 3 aromatic rings. The second kappa shape index (κ2) is 6.15. The normalized spacial score (nSPS) is 11.4.